The van der Waals surface area contributed by atoms with Crippen LogP contribution < -0.4 is 5.32 Å². The molecule has 2 aliphatic heterocycles. The second kappa shape index (κ2) is 7.76. The van der Waals surface area contributed by atoms with Crippen LogP contribution in [0.3, 0.4) is 0 Å². The zero-order valence-electron chi connectivity index (χ0n) is 16.6. The number of fused-ring (bicyclic) bond motifs is 2. The van der Waals surface area contributed by atoms with Crippen LogP contribution in [0.2, 0.25) is 0 Å². The largest absolute Gasteiger partial charge is 0.478 e. The molecule has 1 spiro atoms. The summed E-state index contributed by atoms with van der Waals surface area (Å²) in [7, 11) is 0. The number of likely N-dealkylation sites (tertiary alicyclic amines) is 1. The van der Waals surface area contributed by atoms with E-state index in [2.05, 4.69) is 5.32 Å². The van der Waals surface area contributed by atoms with E-state index in [4.69, 9.17) is 0 Å². The molecule has 0 unspecified atom stereocenters. The summed E-state index contributed by atoms with van der Waals surface area (Å²) in [6.45, 7) is 1.56. The Morgan fingerprint density at radius 1 is 1.10 bits per heavy atom. The number of hydrogen-bond donors (Lipinski definition) is 2. The van der Waals surface area contributed by atoms with E-state index >= 15 is 0 Å². The SMILES string of the molecule is O=C(O)c1ccc2c(c1)C1(CCN(C(=O)C=Cc3ccccc3C(F)(F)F)CC1)CN2. The maximum absolute atomic E-state index is 13.1. The number of hydrogen-bond acceptors (Lipinski definition) is 3. The van der Waals surface area contributed by atoms with Gasteiger partial charge in [-0.05, 0) is 54.3 Å². The quantitative estimate of drug-likeness (QED) is 0.708. The fraction of sp³-hybridized carbons (Fsp3) is 0.304. The topological polar surface area (TPSA) is 69.6 Å². The molecule has 0 aromatic heterocycles. The zero-order valence-corrected chi connectivity index (χ0v) is 16.6. The number of carbonyl (C=O) groups is 2. The van der Waals surface area contributed by atoms with Gasteiger partial charge in [-0.3, -0.25) is 4.79 Å². The lowest BCUT2D eigenvalue weighted by Gasteiger charge is -2.39. The number of nitrogens with one attached hydrogen (secondary N) is 1. The van der Waals surface area contributed by atoms with Crippen molar-refractivity contribution in [2.75, 3.05) is 25.0 Å². The molecule has 1 saturated heterocycles. The van der Waals surface area contributed by atoms with Crippen molar-refractivity contribution >= 4 is 23.6 Å². The molecule has 8 heteroatoms. The first-order valence-electron chi connectivity index (χ1n) is 9.95. The lowest BCUT2D eigenvalue weighted by molar-refractivity contribution is -0.137. The first-order valence-corrected chi connectivity index (χ1v) is 9.95. The van der Waals surface area contributed by atoms with Crippen molar-refractivity contribution < 1.29 is 27.9 Å². The van der Waals surface area contributed by atoms with E-state index in [9.17, 15) is 27.9 Å². The van der Waals surface area contributed by atoms with Gasteiger partial charge in [0, 0.05) is 36.8 Å². The van der Waals surface area contributed by atoms with E-state index in [1.807, 2.05) is 0 Å². The molecule has 2 N–H and O–H groups in total. The molecule has 2 aromatic carbocycles. The Kier molecular flexibility index (Phi) is 5.24. The summed E-state index contributed by atoms with van der Waals surface area (Å²) in [5.41, 5.74) is 1.02. The van der Waals surface area contributed by atoms with Gasteiger partial charge in [0.25, 0.3) is 0 Å². The van der Waals surface area contributed by atoms with Gasteiger partial charge in [-0.15, -0.1) is 0 Å². The minimum Gasteiger partial charge on any atom is -0.478 e. The summed E-state index contributed by atoms with van der Waals surface area (Å²) >= 11 is 0. The van der Waals surface area contributed by atoms with Crippen LogP contribution in [0.4, 0.5) is 18.9 Å². The normalized spacial score (nSPS) is 17.6. The molecule has 0 saturated carbocycles. The van der Waals surface area contributed by atoms with E-state index in [1.165, 1.54) is 30.4 Å². The average Bonchev–Trinajstić information content (AvgIpc) is 3.09. The summed E-state index contributed by atoms with van der Waals surface area (Å²) in [5, 5.41) is 12.6. The third-order valence-corrected chi connectivity index (χ3v) is 6.16. The second-order valence-corrected chi connectivity index (χ2v) is 7.94. The fourth-order valence-corrected chi connectivity index (χ4v) is 4.40. The maximum Gasteiger partial charge on any atom is 0.416 e. The molecular weight excluding hydrogens is 409 g/mol. The van der Waals surface area contributed by atoms with Crippen molar-refractivity contribution in [2.45, 2.75) is 24.4 Å². The predicted octanol–water partition coefficient (Wildman–Crippen LogP) is 4.40. The van der Waals surface area contributed by atoms with Gasteiger partial charge in [0.15, 0.2) is 0 Å². The summed E-state index contributed by atoms with van der Waals surface area (Å²) in [5.74, 6) is -1.32. The highest BCUT2D eigenvalue weighted by Crippen LogP contribution is 2.44. The van der Waals surface area contributed by atoms with Gasteiger partial charge in [-0.25, -0.2) is 4.79 Å². The predicted molar refractivity (Wildman–Crippen MR) is 110 cm³/mol. The molecule has 4 rings (SSSR count). The Hall–Kier alpha value is -3.29. The molecule has 2 heterocycles. The van der Waals surface area contributed by atoms with Crippen molar-refractivity contribution in [3.63, 3.8) is 0 Å². The highest BCUT2D eigenvalue weighted by Gasteiger charge is 2.42. The van der Waals surface area contributed by atoms with E-state index in [0.29, 0.717) is 32.5 Å². The number of piperidine rings is 1. The molecule has 1 fully saturated rings. The molecule has 2 aliphatic rings. The number of carboxylic acid groups (broad SMARTS) is 1. The van der Waals surface area contributed by atoms with Crippen molar-refractivity contribution in [3.8, 4) is 0 Å². The number of halogens is 3. The Labute approximate surface area is 177 Å². The van der Waals surface area contributed by atoms with Crippen LogP contribution in [0, 0.1) is 0 Å². The first-order chi connectivity index (χ1) is 14.7. The zero-order chi connectivity index (χ0) is 22.2. The summed E-state index contributed by atoms with van der Waals surface area (Å²) < 4.78 is 39.4. The summed E-state index contributed by atoms with van der Waals surface area (Å²) in [6, 6.07) is 10.2. The van der Waals surface area contributed by atoms with Crippen LogP contribution >= 0.6 is 0 Å². The van der Waals surface area contributed by atoms with E-state index in [1.54, 1.807) is 23.1 Å². The van der Waals surface area contributed by atoms with Gasteiger partial charge in [-0.2, -0.15) is 13.2 Å². The number of carboxylic acids is 1. The number of carbonyl (C=O) groups excluding carboxylic acids is 1. The van der Waals surface area contributed by atoms with Gasteiger partial charge in [0.2, 0.25) is 5.91 Å². The molecule has 2 aromatic rings. The van der Waals surface area contributed by atoms with Gasteiger partial charge in [0.1, 0.15) is 0 Å². The molecule has 162 valence electrons. The average molecular weight is 430 g/mol. The number of nitrogens with zero attached hydrogens (tertiary/aromatic N) is 1. The van der Waals surface area contributed by atoms with Gasteiger partial charge >= 0.3 is 12.1 Å². The van der Waals surface area contributed by atoms with Crippen LogP contribution in [0.5, 0.6) is 0 Å². The van der Waals surface area contributed by atoms with Crippen LogP contribution in [0.1, 0.15) is 39.9 Å². The highest BCUT2D eigenvalue weighted by molar-refractivity contribution is 5.92. The molecule has 0 bridgehead atoms. The number of rotatable bonds is 3. The fourth-order valence-electron chi connectivity index (χ4n) is 4.40. The standard InChI is InChI=1S/C23H21F3N2O3/c24-23(25,26)17-4-2-1-3-15(17)6-8-20(29)28-11-9-22(10-12-28)14-27-19-7-5-16(21(30)31)13-18(19)22/h1-8,13,27H,9-12,14H2,(H,30,31). The van der Waals surface area contributed by atoms with Crippen molar-refractivity contribution in [1.29, 1.82) is 0 Å². The highest BCUT2D eigenvalue weighted by atomic mass is 19.4. The summed E-state index contributed by atoms with van der Waals surface area (Å²) in [4.78, 5) is 25.5. The minimum atomic E-state index is -4.49. The number of aromatic carboxylic acids is 1. The number of benzene rings is 2. The summed E-state index contributed by atoms with van der Waals surface area (Å²) in [6.07, 6.45) is -0.796. The van der Waals surface area contributed by atoms with Crippen LogP contribution in [-0.2, 0) is 16.4 Å². The second-order valence-electron chi connectivity index (χ2n) is 7.94. The minimum absolute atomic E-state index is 0.0491. The molecule has 0 aliphatic carbocycles. The van der Waals surface area contributed by atoms with Gasteiger partial charge in [-0.1, -0.05) is 18.2 Å². The Morgan fingerprint density at radius 3 is 2.48 bits per heavy atom. The maximum atomic E-state index is 13.1. The van der Waals surface area contributed by atoms with Crippen LogP contribution in [-0.4, -0.2) is 41.5 Å². The van der Waals surface area contributed by atoms with Gasteiger partial charge in [0.05, 0.1) is 11.1 Å². The molecule has 31 heavy (non-hydrogen) atoms. The monoisotopic (exact) mass is 430 g/mol. The van der Waals surface area contributed by atoms with Crippen LogP contribution in [0.15, 0.2) is 48.5 Å². The lowest BCUT2D eigenvalue weighted by atomic mass is 9.74. The number of anilines is 1. The van der Waals surface area contributed by atoms with Crippen LogP contribution in [0.25, 0.3) is 6.08 Å². The number of amides is 1. The van der Waals surface area contributed by atoms with Gasteiger partial charge < -0.3 is 15.3 Å². The Balaban J connectivity index is 1.46. The third-order valence-electron chi connectivity index (χ3n) is 6.16. The molecule has 0 atom stereocenters. The van der Waals surface area contributed by atoms with Crippen molar-refractivity contribution in [3.05, 3.63) is 70.8 Å². The van der Waals surface area contributed by atoms with E-state index < -0.39 is 17.7 Å². The Morgan fingerprint density at radius 2 is 1.81 bits per heavy atom. The number of alkyl halides is 3. The van der Waals surface area contributed by atoms with E-state index in [0.717, 1.165) is 17.3 Å². The lowest BCUT2D eigenvalue weighted by Crippen LogP contribution is -2.45. The molecule has 1 amide bonds. The van der Waals surface area contributed by atoms with E-state index in [-0.39, 0.29) is 22.4 Å². The molecular formula is C23H21F3N2O3. The first kappa shape index (κ1) is 21.0. The molecule has 0 radical (unpaired) electrons. The third kappa shape index (κ3) is 4.02. The Bertz CT molecular complexity index is 1050. The van der Waals surface area contributed by atoms with Crippen molar-refractivity contribution in [2.24, 2.45) is 0 Å². The van der Waals surface area contributed by atoms with Crippen molar-refractivity contribution in [1.82, 2.24) is 4.90 Å². The smallest absolute Gasteiger partial charge is 0.416 e. The molecule has 5 nitrogen and oxygen atoms in total.